The summed E-state index contributed by atoms with van der Waals surface area (Å²) >= 11 is 1.92. The number of benzene rings is 1. The summed E-state index contributed by atoms with van der Waals surface area (Å²) < 4.78 is 11.6. The highest BCUT2D eigenvalue weighted by Crippen LogP contribution is 2.34. The molecular weight excluding hydrogens is 282 g/mol. The van der Waals surface area contributed by atoms with Crippen LogP contribution in [0.1, 0.15) is 25.7 Å². The van der Waals surface area contributed by atoms with Crippen LogP contribution in [0.25, 0.3) is 0 Å². The Morgan fingerprint density at radius 3 is 2.76 bits per heavy atom. The highest BCUT2D eigenvalue weighted by Gasteiger charge is 2.38. The third kappa shape index (κ3) is 4.46. The summed E-state index contributed by atoms with van der Waals surface area (Å²) in [5.41, 5.74) is 0.0980. The highest BCUT2D eigenvalue weighted by molar-refractivity contribution is 7.99. The fourth-order valence-electron chi connectivity index (χ4n) is 3.24. The van der Waals surface area contributed by atoms with E-state index in [9.17, 15) is 0 Å². The molecule has 3 nitrogen and oxygen atoms in total. The SMILES string of the molecule is c1ccc(SCCNC2CCOC3(CCOCC3)C2)cc1. The van der Waals surface area contributed by atoms with E-state index < -0.39 is 0 Å². The second-order valence-corrected chi connectivity index (χ2v) is 7.12. The van der Waals surface area contributed by atoms with Crippen LogP contribution < -0.4 is 5.32 Å². The van der Waals surface area contributed by atoms with E-state index in [1.54, 1.807) is 0 Å². The first-order valence-corrected chi connectivity index (χ1v) is 8.98. The highest BCUT2D eigenvalue weighted by atomic mass is 32.2. The molecule has 0 aromatic heterocycles. The standard InChI is InChI=1S/C17H25NO2S/c1-2-4-16(5-3-1)21-13-9-18-15-6-10-20-17(14-15)7-11-19-12-8-17/h1-5,15,18H,6-14H2. The molecule has 0 aliphatic carbocycles. The summed E-state index contributed by atoms with van der Waals surface area (Å²) in [6.45, 7) is 3.67. The summed E-state index contributed by atoms with van der Waals surface area (Å²) in [5, 5.41) is 3.72. The number of rotatable bonds is 5. The van der Waals surface area contributed by atoms with E-state index in [4.69, 9.17) is 9.47 Å². The quantitative estimate of drug-likeness (QED) is 0.669. The molecule has 0 radical (unpaired) electrons. The van der Waals surface area contributed by atoms with Gasteiger partial charge in [0.1, 0.15) is 0 Å². The fourth-order valence-corrected chi connectivity index (χ4v) is 4.05. The van der Waals surface area contributed by atoms with E-state index in [0.717, 1.165) is 57.8 Å². The van der Waals surface area contributed by atoms with Gasteiger partial charge in [-0.1, -0.05) is 18.2 Å². The van der Waals surface area contributed by atoms with Crippen molar-refractivity contribution in [1.82, 2.24) is 5.32 Å². The van der Waals surface area contributed by atoms with Crippen molar-refractivity contribution in [2.45, 2.75) is 42.2 Å². The first-order valence-electron chi connectivity index (χ1n) is 7.99. The third-order valence-corrected chi connectivity index (χ3v) is 5.46. The molecule has 1 unspecified atom stereocenters. The lowest BCUT2D eigenvalue weighted by Gasteiger charge is -2.43. The van der Waals surface area contributed by atoms with Crippen LogP contribution in [0.3, 0.4) is 0 Å². The maximum absolute atomic E-state index is 6.09. The van der Waals surface area contributed by atoms with Crippen LogP contribution in [0, 0.1) is 0 Å². The number of nitrogens with one attached hydrogen (secondary N) is 1. The monoisotopic (exact) mass is 307 g/mol. The molecule has 2 aliphatic rings. The van der Waals surface area contributed by atoms with Gasteiger partial charge in [0.2, 0.25) is 0 Å². The molecule has 1 aromatic rings. The molecule has 1 atom stereocenters. The van der Waals surface area contributed by atoms with Gasteiger partial charge in [-0.05, 0) is 37.8 Å². The van der Waals surface area contributed by atoms with Crippen LogP contribution in [0.5, 0.6) is 0 Å². The van der Waals surface area contributed by atoms with Crippen molar-refractivity contribution in [2.24, 2.45) is 0 Å². The number of thioether (sulfide) groups is 1. The smallest absolute Gasteiger partial charge is 0.0741 e. The molecule has 4 heteroatoms. The van der Waals surface area contributed by atoms with Crippen molar-refractivity contribution < 1.29 is 9.47 Å². The van der Waals surface area contributed by atoms with Gasteiger partial charge in [-0.3, -0.25) is 0 Å². The third-order valence-electron chi connectivity index (χ3n) is 4.44. The summed E-state index contributed by atoms with van der Waals surface area (Å²) in [6, 6.07) is 11.2. The molecule has 21 heavy (non-hydrogen) atoms. The Bertz CT molecular complexity index is 415. The number of ether oxygens (including phenoxy) is 2. The second kappa shape index (κ2) is 7.63. The largest absolute Gasteiger partial charge is 0.381 e. The molecule has 2 saturated heterocycles. The lowest BCUT2D eigenvalue weighted by atomic mass is 9.84. The minimum absolute atomic E-state index is 0.0980. The van der Waals surface area contributed by atoms with Crippen LogP contribution >= 0.6 is 11.8 Å². The minimum atomic E-state index is 0.0980. The van der Waals surface area contributed by atoms with Crippen molar-refractivity contribution >= 4 is 11.8 Å². The van der Waals surface area contributed by atoms with Gasteiger partial charge in [0.05, 0.1) is 5.60 Å². The maximum atomic E-state index is 6.09. The molecule has 1 spiro atoms. The van der Waals surface area contributed by atoms with Gasteiger partial charge in [0, 0.05) is 43.1 Å². The van der Waals surface area contributed by atoms with E-state index in [1.807, 2.05) is 11.8 Å². The van der Waals surface area contributed by atoms with Crippen molar-refractivity contribution in [1.29, 1.82) is 0 Å². The molecule has 2 fully saturated rings. The zero-order chi connectivity index (χ0) is 14.4. The van der Waals surface area contributed by atoms with Gasteiger partial charge in [-0.15, -0.1) is 11.8 Å². The molecular formula is C17H25NO2S. The zero-order valence-electron chi connectivity index (χ0n) is 12.6. The normalized spacial score (nSPS) is 25.0. The van der Waals surface area contributed by atoms with E-state index in [-0.39, 0.29) is 5.60 Å². The van der Waals surface area contributed by atoms with E-state index in [1.165, 1.54) is 4.90 Å². The van der Waals surface area contributed by atoms with Crippen LogP contribution in [0.15, 0.2) is 35.2 Å². The predicted octanol–water partition coefficient (Wildman–Crippen LogP) is 3.10. The Kier molecular flexibility index (Phi) is 5.58. The number of hydrogen-bond acceptors (Lipinski definition) is 4. The Balaban J connectivity index is 1.39. The van der Waals surface area contributed by atoms with Gasteiger partial charge in [-0.2, -0.15) is 0 Å². The van der Waals surface area contributed by atoms with Crippen LogP contribution in [-0.4, -0.2) is 43.8 Å². The van der Waals surface area contributed by atoms with Crippen molar-refractivity contribution in [3.05, 3.63) is 30.3 Å². The van der Waals surface area contributed by atoms with Gasteiger partial charge < -0.3 is 14.8 Å². The Labute approximate surface area is 131 Å². The minimum Gasteiger partial charge on any atom is -0.381 e. The maximum Gasteiger partial charge on any atom is 0.0741 e. The van der Waals surface area contributed by atoms with Crippen LogP contribution in [0.4, 0.5) is 0 Å². The molecule has 2 heterocycles. The molecule has 1 aromatic carbocycles. The summed E-state index contributed by atoms with van der Waals surface area (Å²) in [5.74, 6) is 1.12. The molecule has 0 bridgehead atoms. The summed E-state index contributed by atoms with van der Waals surface area (Å²) in [6.07, 6.45) is 4.40. The lowest BCUT2D eigenvalue weighted by Crippen LogP contribution is -2.50. The lowest BCUT2D eigenvalue weighted by molar-refractivity contribution is -0.140. The first-order chi connectivity index (χ1) is 10.4. The summed E-state index contributed by atoms with van der Waals surface area (Å²) in [7, 11) is 0. The molecule has 0 saturated carbocycles. The zero-order valence-corrected chi connectivity index (χ0v) is 13.4. The average Bonchev–Trinajstić information content (AvgIpc) is 2.54. The molecule has 2 aliphatic heterocycles. The van der Waals surface area contributed by atoms with Gasteiger partial charge in [0.25, 0.3) is 0 Å². The fraction of sp³-hybridized carbons (Fsp3) is 0.647. The Morgan fingerprint density at radius 1 is 1.14 bits per heavy atom. The van der Waals surface area contributed by atoms with E-state index in [0.29, 0.717) is 6.04 Å². The average molecular weight is 307 g/mol. The molecule has 116 valence electrons. The second-order valence-electron chi connectivity index (χ2n) is 5.95. The molecule has 3 rings (SSSR count). The number of hydrogen-bond donors (Lipinski definition) is 1. The predicted molar refractivity (Wildman–Crippen MR) is 86.9 cm³/mol. The van der Waals surface area contributed by atoms with Gasteiger partial charge >= 0.3 is 0 Å². The van der Waals surface area contributed by atoms with Crippen LogP contribution in [-0.2, 0) is 9.47 Å². The summed E-state index contributed by atoms with van der Waals surface area (Å²) in [4.78, 5) is 1.35. The Morgan fingerprint density at radius 2 is 1.95 bits per heavy atom. The van der Waals surface area contributed by atoms with Gasteiger partial charge in [0.15, 0.2) is 0 Å². The molecule has 1 N–H and O–H groups in total. The van der Waals surface area contributed by atoms with Crippen LogP contribution in [0.2, 0.25) is 0 Å². The van der Waals surface area contributed by atoms with Crippen molar-refractivity contribution in [2.75, 3.05) is 32.1 Å². The van der Waals surface area contributed by atoms with E-state index >= 15 is 0 Å². The first kappa shape index (κ1) is 15.3. The van der Waals surface area contributed by atoms with Crippen molar-refractivity contribution in [3.8, 4) is 0 Å². The topological polar surface area (TPSA) is 30.5 Å². The Hall–Kier alpha value is -0.550. The van der Waals surface area contributed by atoms with Gasteiger partial charge in [-0.25, -0.2) is 0 Å². The van der Waals surface area contributed by atoms with Crippen molar-refractivity contribution in [3.63, 3.8) is 0 Å². The molecule has 0 amide bonds. The van der Waals surface area contributed by atoms with E-state index in [2.05, 4.69) is 35.6 Å².